The summed E-state index contributed by atoms with van der Waals surface area (Å²) in [5.74, 6) is 1.38. The van der Waals surface area contributed by atoms with Crippen molar-refractivity contribution in [2.24, 2.45) is 16.1 Å². The zero-order valence-corrected chi connectivity index (χ0v) is 20.9. The summed E-state index contributed by atoms with van der Waals surface area (Å²) in [5.41, 5.74) is 2.36. The van der Waals surface area contributed by atoms with Crippen LogP contribution in [0.4, 0.5) is 16.6 Å². The van der Waals surface area contributed by atoms with Crippen LogP contribution in [-0.2, 0) is 16.1 Å². The zero-order valence-electron chi connectivity index (χ0n) is 20.0. The summed E-state index contributed by atoms with van der Waals surface area (Å²) >= 11 is 0.882. The number of hydrogen-bond acceptors (Lipinski definition) is 11. The predicted octanol–water partition coefficient (Wildman–Crippen LogP) is 3.71. The summed E-state index contributed by atoms with van der Waals surface area (Å²) in [6, 6.07) is 5.64. The summed E-state index contributed by atoms with van der Waals surface area (Å²) in [7, 11) is 0. The number of amides is 2. The molecular weight excluding hydrogens is 492 g/mol. The van der Waals surface area contributed by atoms with Crippen LogP contribution in [0, 0.1) is 5.92 Å². The van der Waals surface area contributed by atoms with Crippen LogP contribution in [-0.4, -0.2) is 52.3 Å². The van der Waals surface area contributed by atoms with Crippen LogP contribution in [0.1, 0.15) is 24.1 Å². The highest BCUT2D eigenvalue weighted by Crippen LogP contribution is 2.26. The second-order valence-electron chi connectivity index (χ2n) is 8.65. The van der Waals surface area contributed by atoms with E-state index in [4.69, 9.17) is 4.74 Å². The minimum atomic E-state index is -0.390. The fourth-order valence-corrected chi connectivity index (χ4v) is 4.78. The van der Waals surface area contributed by atoms with E-state index in [0.29, 0.717) is 41.4 Å². The Bertz CT molecular complexity index is 1280. The Morgan fingerprint density at radius 1 is 1.19 bits per heavy atom. The van der Waals surface area contributed by atoms with Crippen LogP contribution < -0.4 is 15.5 Å². The maximum absolute atomic E-state index is 11.8. The first-order valence-electron chi connectivity index (χ1n) is 12.0. The van der Waals surface area contributed by atoms with Gasteiger partial charge in [-0.3, -0.25) is 14.9 Å². The Morgan fingerprint density at radius 3 is 2.86 bits per heavy atom. The van der Waals surface area contributed by atoms with E-state index in [2.05, 4.69) is 40.7 Å². The number of piperidine rings is 1. The van der Waals surface area contributed by atoms with Gasteiger partial charge >= 0.3 is 0 Å². The number of ether oxygens (including phenoxy) is 1. The summed E-state index contributed by atoms with van der Waals surface area (Å²) in [6.45, 7) is 3.74. The van der Waals surface area contributed by atoms with Gasteiger partial charge in [-0.15, -0.1) is 10.2 Å². The molecule has 0 spiro atoms. The number of rotatable bonds is 8. The smallest absolute Gasteiger partial charge is 0.290 e. The van der Waals surface area contributed by atoms with E-state index in [9.17, 15) is 9.59 Å². The van der Waals surface area contributed by atoms with Crippen LogP contribution in [0.3, 0.4) is 0 Å². The quantitative estimate of drug-likeness (QED) is 0.396. The van der Waals surface area contributed by atoms with Gasteiger partial charge in [0, 0.05) is 37.6 Å². The number of carbonyl (C=O) groups excluding carboxylic acids is 2. The Hall–Kier alpha value is -3.90. The molecule has 0 saturated carbocycles. The molecule has 5 heterocycles. The molecule has 3 aliphatic rings. The molecule has 2 amide bonds. The van der Waals surface area contributed by atoms with Gasteiger partial charge in [0.2, 0.25) is 5.95 Å². The number of azo groups is 1. The molecule has 5 rings (SSSR count). The van der Waals surface area contributed by atoms with Crippen LogP contribution in [0.15, 0.2) is 69.8 Å². The first-order valence-corrected chi connectivity index (χ1v) is 12.8. The molecule has 11 nitrogen and oxygen atoms in total. The molecule has 0 atom stereocenters. The average Bonchev–Trinajstić information content (AvgIpc) is 3.25. The summed E-state index contributed by atoms with van der Waals surface area (Å²) < 4.78 is 5.13. The SMILES string of the molecule is O=C1NC(=O)/C(=C/c2ccnc(N3CCC(CNCc4cccnc4N=NC4=CCOC=C4)CC3)n2)S1. The minimum absolute atomic E-state index is 0.343. The van der Waals surface area contributed by atoms with Crippen LogP contribution >= 0.6 is 11.8 Å². The molecule has 12 heteroatoms. The number of anilines is 1. The first-order chi connectivity index (χ1) is 18.1. The lowest BCUT2D eigenvalue weighted by molar-refractivity contribution is -0.115. The van der Waals surface area contributed by atoms with Gasteiger partial charge in [0.05, 0.1) is 22.6 Å². The molecule has 0 aliphatic carbocycles. The predicted molar refractivity (Wildman–Crippen MR) is 140 cm³/mol. The molecule has 0 aromatic carbocycles. The lowest BCUT2D eigenvalue weighted by Gasteiger charge is -2.32. The zero-order chi connectivity index (χ0) is 25.5. The van der Waals surface area contributed by atoms with Crippen LogP contribution in [0.25, 0.3) is 6.08 Å². The second-order valence-corrected chi connectivity index (χ2v) is 9.66. The normalized spacial score (nSPS) is 19.4. The van der Waals surface area contributed by atoms with E-state index < -0.39 is 0 Å². The van der Waals surface area contributed by atoms with Crippen molar-refractivity contribution in [3.63, 3.8) is 0 Å². The van der Waals surface area contributed by atoms with E-state index in [1.54, 1.807) is 36.9 Å². The van der Waals surface area contributed by atoms with E-state index in [1.165, 1.54) is 0 Å². The number of nitrogens with one attached hydrogen (secondary N) is 2. The Morgan fingerprint density at radius 2 is 2.08 bits per heavy atom. The molecule has 2 aromatic rings. The van der Waals surface area contributed by atoms with Crippen molar-refractivity contribution < 1.29 is 14.3 Å². The maximum atomic E-state index is 11.8. The van der Waals surface area contributed by atoms with Gasteiger partial charge in [-0.2, -0.15) is 0 Å². The molecule has 3 aliphatic heterocycles. The fraction of sp³-hybridized carbons (Fsp3) is 0.320. The van der Waals surface area contributed by atoms with E-state index in [0.717, 1.165) is 55.5 Å². The van der Waals surface area contributed by atoms with Crippen LogP contribution in [0.2, 0.25) is 0 Å². The molecule has 2 saturated heterocycles. The number of thioether (sulfide) groups is 1. The van der Waals surface area contributed by atoms with Crippen molar-refractivity contribution in [2.75, 3.05) is 31.1 Å². The molecule has 2 fully saturated rings. The third kappa shape index (κ3) is 6.66. The van der Waals surface area contributed by atoms with Crippen molar-refractivity contribution in [3.8, 4) is 0 Å². The maximum Gasteiger partial charge on any atom is 0.290 e. The van der Waals surface area contributed by atoms with Gasteiger partial charge in [-0.25, -0.2) is 15.0 Å². The number of carbonyl (C=O) groups is 2. The molecule has 2 N–H and O–H groups in total. The third-order valence-electron chi connectivity index (χ3n) is 6.08. The lowest BCUT2D eigenvalue weighted by atomic mass is 9.97. The van der Waals surface area contributed by atoms with E-state index in [1.807, 2.05) is 18.2 Å². The highest BCUT2D eigenvalue weighted by atomic mass is 32.2. The Balaban J connectivity index is 1.11. The molecule has 2 aromatic heterocycles. The number of hydrogen-bond donors (Lipinski definition) is 2. The van der Waals surface area contributed by atoms with Gasteiger partial charge in [0.15, 0.2) is 5.82 Å². The van der Waals surface area contributed by atoms with E-state index >= 15 is 0 Å². The van der Waals surface area contributed by atoms with Gasteiger partial charge in [0.1, 0.15) is 6.61 Å². The van der Waals surface area contributed by atoms with Crippen molar-refractivity contribution in [2.45, 2.75) is 19.4 Å². The standard InChI is InChI=1S/C25H26N8O3S/c34-23-21(37-25(35)30-23)14-20-3-9-28-24(29-20)33-10-4-17(5-11-33)15-26-16-18-2-1-8-27-22(18)32-31-19-6-12-36-13-7-19/h1-3,6-9,12,14,17,26H,4-5,10-11,13,15-16H2,(H,30,34,35)/b21-14-,32-31?. The molecule has 0 radical (unpaired) electrons. The van der Waals surface area contributed by atoms with Gasteiger partial charge < -0.3 is 15.0 Å². The van der Waals surface area contributed by atoms with Gasteiger partial charge in [-0.05, 0) is 67.4 Å². The summed E-state index contributed by atoms with van der Waals surface area (Å²) in [6.07, 6.45) is 12.3. The van der Waals surface area contributed by atoms with Gasteiger partial charge in [0.25, 0.3) is 11.1 Å². The molecular formula is C25H26N8O3S. The molecule has 190 valence electrons. The molecule has 37 heavy (non-hydrogen) atoms. The Labute approximate surface area is 218 Å². The fourth-order valence-electron chi connectivity index (χ4n) is 4.11. The Kier molecular flexibility index (Phi) is 7.96. The molecule has 0 unspecified atom stereocenters. The van der Waals surface area contributed by atoms with Gasteiger partial charge in [-0.1, -0.05) is 6.07 Å². The first kappa shape index (κ1) is 24.8. The third-order valence-corrected chi connectivity index (χ3v) is 6.89. The summed E-state index contributed by atoms with van der Waals surface area (Å²) in [5, 5.41) is 14.0. The molecule has 0 bridgehead atoms. The highest BCUT2D eigenvalue weighted by molar-refractivity contribution is 8.18. The number of imide groups is 1. The van der Waals surface area contributed by atoms with Crippen molar-refractivity contribution in [1.29, 1.82) is 0 Å². The minimum Gasteiger partial charge on any atom is -0.497 e. The largest absolute Gasteiger partial charge is 0.497 e. The van der Waals surface area contributed by atoms with E-state index in [-0.39, 0.29) is 11.1 Å². The number of aromatic nitrogens is 3. The number of nitrogens with zero attached hydrogens (tertiary/aromatic N) is 6. The average molecular weight is 519 g/mol. The van der Waals surface area contributed by atoms with Crippen LogP contribution in [0.5, 0.6) is 0 Å². The highest BCUT2D eigenvalue weighted by Gasteiger charge is 2.25. The lowest BCUT2D eigenvalue weighted by Crippen LogP contribution is -2.38. The monoisotopic (exact) mass is 518 g/mol. The van der Waals surface area contributed by atoms with Crippen molar-refractivity contribution >= 4 is 40.8 Å². The second kappa shape index (κ2) is 11.9. The van der Waals surface area contributed by atoms with Crippen molar-refractivity contribution in [1.82, 2.24) is 25.6 Å². The summed E-state index contributed by atoms with van der Waals surface area (Å²) in [4.78, 5) is 39.1. The topological polar surface area (TPSA) is 134 Å². The number of pyridine rings is 1. The number of allylic oxidation sites excluding steroid dienone is 1. The van der Waals surface area contributed by atoms with Crippen molar-refractivity contribution in [3.05, 3.63) is 70.9 Å².